The van der Waals surface area contributed by atoms with Gasteiger partial charge >= 0.3 is 0 Å². The Bertz CT molecular complexity index is 1290. The van der Waals surface area contributed by atoms with Gasteiger partial charge in [-0.25, -0.2) is 0 Å². The molecule has 4 nitrogen and oxygen atoms in total. The average molecular weight is 474 g/mol. The molecule has 166 valence electrons. The highest BCUT2D eigenvalue weighted by Crippen LogP contribution is 2.43. The van der Waals surface area contributed by atoms with Crippen molar-refractivity contribution in [1.29, 1.82) is 0 Å². The van der Waals surface area contributed by atoms with Crippen LogP contribution < -0.4 is 10.2 Å². The number of nitrogens with one attached hydrogen (secondary N) is 1. The minimum atomic E-state index is -0.186. The number of aryl methyl sites for hydroxylation is 2. The number of nitrogens with zero attached hydrogens (tertiary/aromatic N) is 2. The van der Waals surface area contributed by atoms with Crippen LogP contribution in [0.25, 0.3) is 11.3 Å². The lowest BCUT2D eigenvalue weighted by atomic mass is 10.0. The summed E-state index contributed by atoms with van der Waals surface area (Å²) in [6.07, 6.45) is 2.79. The number of furan rings is 1. The van der Waals surface area contributed by atoms with Gasteiger partial charge in [-0.15, -0.1) is 0 Å². The molecule has 0 saturated carbocycles. The van der Waals surface area contributed by atoms with E-state index in [2.05, 4.69) is 46.4 Å². The van der Waals surface area contributed by atoms with E-state index in [4.69, 9.17) is 28.2 Å². The molecule has 2 atom stereocenters. The molecule has 5 rings (SSSR count). The zero-order chi connectivity index (χ0) is 22.9. The smallest absolute Gasteiger partial charge is 0.174 e. The van der Waals surface area contributed by atoms with Crippen molar-refractivity contribution in [2.75, 3.05) is 4.90 Å². The van der Waals surface area contributed by atoms with Crippen LogP contribution in [-0.2, 0) is 6.42 Å². The van der Waals surface area contributed by atoms with Gasteiger partial charge in [-0.3, -0.25) is 4.98 Å². The highest BCUT2D eigenvalue weighted by Gasteiger charge is 2.42. The molecule has 0 amide bonds. The van der Waals surface area contributed by atoms with Crippen LogP contribution in [0.5, 0.6) is 0 Å². The fourth-order valence-corrected chi connectivity index (χ4v) is 4.75. The van der Waals surface area contributed by atoms with Gasteiger partial charge in [0, 0.05) is 22.5 Å². The first kappa shape index (κ1) is 21.7. The van der Waals surface area contributed by atoms with E-state index in [9.17, 15) is 0 Å². The first-order valence-corrected chi connectivity index (χ1v) is 11.8. The van der Waals surface area contributed by atoms with Crippen LogP contribution >= 0.6 is 23.8 Å². The monoisotopic (exact) mass is 473 g/mol. The molecule has 1 fully saturated rings. The van der Waals surface area contributed by atoms with E-state index in [1.807, 2.05) is 55.5 Å². The van der Waals surface area contributed by atoms with E-state index in [0.717, 1.165) is 45.5 Å². The topological polar surface area (TPSA) is 41.3 Å². The van der Waals surface area contributed by atoms with E-state index in [1.165, 1.54) is 5.56 Å². The van der Waals surface area contributed by atoms with Gasteiger partial charge in [0.25, 0.3) is 0 Å². The number of aromatic nitrogens is 1. The summed E-state index contributed by atoms with van der Waals surface area (Å²) in [7, 11) is 0. The van der Waals surface area contributed by atoms with Crippen molar-refractivity contribution in [3.63, 3.8) is 0 Å². The number of rotatable bonds is 5. The molecule has 4 aromatic rings. The molecular formula is C27H24ClN3OS. The maximum atomic E-state index is 6.42. The van der Waals surface area contributed by atoms with Crippen molar-refractivity contribution in [3.8, 4) is 11.3 Å². The molecule has 0 spiro atoms. The first-order chi connectivity index (χ1) is 16.0. The molecule has 1 aliphatic heterocycles. The Morgan fingerprint density at radius 1 is 1.06 bits per heavy atom. The second-order valence-electron chi connectivity index (χ2n) is 8.18. The lowest BCUT2D eigenvalue weighted by Gasteiger charge is -2.26. The van der Waals surface area contributed by atoms with Crippen molar-refractivity contribution < 1.29 is 4.42 Å². The van der Waals surface area contributed by atoms with Crippen LogP contribution in [0.2, 0.25) is 5.02 Å². The van der Waals surface area contributed by atoms with Gasteiger partial charge in [0.1, 0.15) is 17.6 Å². The molecule has 1 aliphatic rings. The quantitative estimate of drug-likeness (QED) is 0.315. The fraction of sp³-hybridized carbons (Fsp3) is 0.185. The SMILES string of the molecule is CCc1ccc(N2C(=S)NC(c3ccccn3)C2c2ccc(-c3ccc(C)c(Cl)c3)o2)cc1. The van der Waals surface area contributed by atoms with E-state index < -0.39 is 0 Å². The number of anilines is 1. The minimum absolute atomic E-state index is 0.148. The van der Waals surface area contributed by atoms with Crippen LogP contribution in [0.1, 0.15) is 41.6 Å². The molecule has 0 aliphatic carbocycles. The molecule has 2 aromatic carbocycles. The normalized spacial score (nSPS) is 17.9. The van der Waals surface area contributed by atoms with E-state index in [1.54, 1.807) is 6.20 Å². The van der Waals surface area contributed by atoms with E-state index in [0.29, 0.717) is 5.11 Å². The van der Waals surface area contributed by atoms with Crippen molar-refractivity contribution in [2.24, 2.45) is 0 Å². The van der Waals surface area contributed by atoms with Crippen LogP contribution in [-0.4, -0.2) is 10.1 Å². The summed E-state index contributed by atoms with van der Waals surface area (Å²) < 4.78 is 6.42. The van der Waals surface area contributed by atoms with Gasteiger partial charge in [-0.05, 0) is 79.2 Å². The molecule has 1 saturated heterocycles. The number of pyridine rings is 1. The van der Waals surface area contributed by atoms with Crippen molar-refractivity contribution >= 4 is 34.6 Å². The van der Waals surface area contributed by atoms with Crippen LogP contribution in [0.3, 0.4) is 0 Å². The second-order valence-corrected chi connectivity index (χ2v) is 8.98. The highest BCUT2D eigenvalue weighted by molar-refractivity contribution is 7.80. The molecule has 0 radical (unpaired) electrons. The third-order valence-electron chi connectivity index (χ3n) is 6.10. The molecule has 0 bridgehead atoms. The van der Waals surface area contributed by atoms with E-state index in [-0.39, 0.29) is 12.1 Å². The highest BCUT2D eigenvalue weighted by atomic mass is 35.5. The number of hydrogen-bond donors (Lipinski definition) is 1. The third kappa shape index (κ3) is 4.14. The Morgan fingerprint density at radius 2 is 1.88 bits per heavy atom. The zero-order valence-corrected chi connectivity index (χ0v) is 20.0. The van der Waals surface area contributed by atoms with Gasteiger partial charge in [0.05, 0.1) is 11.7 Å². The lowest BCUT2D eigenvalue weighted by Crippen LogP contribution is -2.29. The Kier molecular flexibility index (Phi) is 5.92. The maximum absolute atomic E-state index is 6.42. The lowest BCUT2D eigenvalue weighted by molar-refractivity contribution is 0.439. The largest absolute Gasteiger partial charge is 0.459 e. The summed E-state index contributed by atoms with van der Waals surface area (Å²) in [5, 5.41) is 4.85. The van der Waals surface area contributed by atoms with Crippen LogP contribution in [0.15, 0.2) is 83.4 Å². The Labute approximate surface area is 204 Å². The molecule has 6 heteroatoms. The molecule has 2 aromatic heterocycles. The predicted octanol–water partition coefficient (Wildman–Crippen LogP) is 7.04. The molecule has 3 heterocycles. The molecule has 2 unspecified atom stereocenters. The fourth-order valence-electron chi connectivity index (χ4n) is 4.23. The Hall–Kier alpha value is -3.15. The molecule has 1 N–H and O–H groups in total. The Balaban J connectivity index is 1.58. The van der Waals surface area contributed by atoms with Gasteiger partial charge in [0.15, 0.2) is 5.11 Å². The minimum Gasteiger partial charge on any atom is -0.459 e. The zero-order valence-electron chi connectivity index (χ0n) is 18.5. The summed E-state index contributed by atoms with van der Waals surface area (Å²) in [4.78, 5) is 6.73. The van der Waals surface area contributed by atoms with Crippen molar-refractivity contribution in [1.82, 2.24) is 10.3 Å². The predicted molar refractivity (Wildman–Crippen MR) is 138 cm³/mol. The molecule has 33 heavy (non-hydrogen) atoms. The second kappa shape index (κ2) is 9.00. The van der Waals surface area contributed by atoms with Gasteiger partial charge in [-0.2, -0.15) is 0 Å². The summed E-state index contributed by atoms with van der Waals surface area (Å²) >= 11 is 12.2. The Morgan fingerprint density at radius 3 is 2.58 bits per heavy atom. The van der Waals surface area contributed by atoms with Crippen molar-refractivity contribution in [3.05, 3.63) is 107 Å². The number of halogens is 1. The number of benzene rings is 2. The van der Waals surface area contributed by atoms with Gasteiger partial charge in [0.2, 0.25) is 0 Å². The first-order valence-electron chi connectivity index (χ1n) is 11.0. The number of hydrogen-bond acceptors (Lipinski definition) is 3. The summed E-state index contributed by atoms with van der Waals surface area (Å²) in [6, 6.07) is 24.1. The third-order valence-corrected chi connectivity index (χ3v) is 6.82. The number of thiocarbonyl (C=S) groups is 1. The van der Waals surface area contributed by atoms with Crippen LogP contribution in [0, 0.1) is 6.92 Å². The average Bonchev–Trinajstić information content (AvgIpc) is 3.46. The molecular weight excluding hydrogens is 450 g/mol. The summed E-state index contributed by atoms with van der Waals surface area (Å²) in [5.74, 6) is 1.58. The maximum Gasteiger partial charge on any atom is 0.174 e. The van der Waals surface area contributed by atoms with Crippen LogP contribution in [0.4, 0.5) is 5.69 Å². The van der Waals surface area contributed by atoms with E-state index >= 15 is 0 Å². The standard InChI is InChI=1S/C27H24ClN3OS/c1-3-18-8-11-20(12-9-18)31-26(25(30-27(31)33)22-6-4-5-15-29-22)24-14-13-23(32-24)19-10-7-17(2)21(28)16-19/h4-16,25-26H,3H2,1-2H3,(H,30,33). The summed E-state index contributed by atoms with van der Waals surface area (Å²) in [5.41, 5.74) is 5.19. The van der Waals surface area contributed by atoms with Gasteiger partial charge in [-0.1, -0.05) is 48.9 Å². The van der Waals surface area contributed by atoms with Crippen molar-refractivity contribution in [2.45, 2.75) is 32.4 Å². The van der Waals surface area contributed by atoms with Gasteiger partial charge < -0.3 is 14.6 Å². The summed E-state index contributed by atoms with van der Waals surface area (Å²) in [6.45, 7) is 4.14.